The van der Waals surface area contributed by atoms with Crippen LogP contribution < -0.4 is 24.7 Å². The summed E-state index contributed by atoms with van der Waals surface area (Å²) in [4.78, 5) is 13.4. The van der Waals surface area contributed by atoms with Gasteiger partial charge in [0.25, 0.3) is 0 Å². The molecule has 164 valence electrons. The van der Waals surface area contributed by atoms with Gasteiger partial charge in [-0.15, -0.1) is 0 Å². The van der Waals surface area contributed by atoms with Crippen molar-refractivity contribution < 1.29 is 23.5 Å². The summed E-state index contributed by atoms with van der Waals surface area (Å²) in [5, 5.41) is 1.02. The molecule has 0 amide bonds. The molecule has 0 spiro atoms. The Labute approximate surface area is 182 Å². The molecular weight excluding hydrogens is 394 g/mol. The Kier molecular flexibility index (Phi) is 6.18. The largest absolute Gasteiger partial charge is 0.497 e. The first-order valence-electron chi connectivity index (χ1n) is 10.8. The third-order valence-electron chi connectivity index (χ3n) is 5.97. The zero-order chi connectivity index (χ0) is 22.0. The molecule has 1 aliphatic rings. The van der Waals surface area contributed by atoms with Crippen LogP contribution in [0.15, 0.2) is 39.5 Å². The lowest BCUT2D eigenvalue weighted by atomic mass is 9.98. The minimum absolute atomic E-state index is 0.295. The van der Waals surface area contributed by atoms with Gasteiger partial charge < -0.3 is 18.6 Å². The van der Waals surface area contributed by atoms with E-state index >= 15 is 0 Å². The second-order valence-corrected chi connectivity index (χ2v) is 8.13. The number of unbranched alkanes of at least 4 members (excludes halogenated alkanes) is 1. The van der Waals surface area contributed by atoms with E-state index in [-0.39, 0.29) is 5.63 Å². The maximum Gasteiger partial charge on any atom is 0.336 e. The lowest BCUT2D eigenvalue weighted by Gasteiger charge is -2.28. The maximum absolute atomic E-state index is 12.1. The van der Waals surface area contributed by atoms with Crippen molar-refractivity contribution in [3.63, 3.8) is 0 Å². The highest BCUT2D eigenvalue weighted by Crippen LogP contribution is 2.34. The van der Waals surface area contributed by atoms with Gasteiger partial charge in [-0.05, 0) is 43.5 Å². The topological polar surface area (TPSA) is 62.3 Å². The number of nitrogens with one attached hydrogen (secondary N) is 1. The minimum Gasteiger partial charge on any atom is -0.497 e. The second kappa shape index (κ2) is 9.02. The van der Waals surface area contributed by atoms with Gasteiger partial charge in [-0.25, -0.2) is 4.79 Å². The summed E-state index contributed by atoms with van der Waals surface area (Å²) < 4.78 is 22.6. The van der Waals surface area contributed by atoms with Crippen LogP contribution in [-0.2, 0) is 19.5 Å². The SMILES string of the molecule is CCCCc1cc(=O)oc2c(C)c3c(cc12)C[NH+](Cc1ccc(OC)cc1OC)CO3. The summed E-state index contributed by atoms with van der Waals surface area (Å²) >= 11 is 0. The Morgan fingerprint density at radius 2 is 1.94 bits per heavy atom. The van der Waals surface area contributed by atoms with Crippen LogP contribution in [-0.4, -0.2) is 21.0 Å². The van der Waals surface area contributed by atoms with Crippen LogP contribution in [0.5, 0.6) is 17.2 Å². The summed E-state index contributed by atoms with van der Waals surface area (Å²) in [6.07, 6.45) is 2.99. The molecule has 2 aromatic carbocycles. The molecule has 3 aromatic rings. The molecule has 6 heteroatoms. The molecule has 1 unspecified atom stereocenters. The Morgan fingerprint density at radius 3 is 2.68 bits per heavy atom. The maximum atomic E-state index is 12.1. The average Bonchev–Trinajstić information content (AvgIpc) is 2.78. The van der Waals surface area contributed by atoms with Crippen LogP contribution in [0.1, 0.15) is 42.0 Å². The highest BCUT2D eigenvalue weighted by molar-refractivity contribution is 5.86. The van der Waals surface area contributed by atoms with Crippen LogP contribution in [0, 0.1) is 6.92 Å². The van der Waals surface area contributed by atoms with Crippen molar-refractivity contribution in [2.75, 3.05) is 21.0 Å². The highest BCUT2D eigenvalue weighted by atomic mass is 16.5. The van der Waals surface area contributed by atoms with Crippen molar-refractivity contribution in [2.45, 2.75) is 46.2 Å². The number of rotatable bonds is 7. The third kappa shape index (κ3) is 4.26. The molecule has 1 atom stereocenters. The van der Waals surface area contributed by atoms with Crippen molar-refractivity contribution >= 4 is 11.0 Å². The molecule has 0 radical (unpaired) electrons. The summed E-state index contributed by atoms with van der Waals surface area (Å²) in [5.74, 6) is 2.43. The smallest absolute Gasteiger partial charge is 0.336 e. The van der Waals surface area contributed by atoms with E-state index < -0.39 is 0 Å². The van der Waals surface area contributed by atoms with E-state index in [9.17, 15) is 4.79 Å². The van der Waals surface area contributed by atoms with Gasteiger partial charge in [0.15, 0.2) is 0 Å². The molecule has 1 aromatic heterocycles. The van der Waals surface area contributed by atoms with Gasteiger partial charge in [-0.3, -0.25) is 4.90 Å². The quantitative estimate of drug-likeness (QED) is 0.589. The van der Waals surface area contributed by atoms with E-state index in [1.165, 1.54) is 4.90 Å². The first kappa shape index (κ1) is 21.2. The fraction of sp³-hybridized carbons (Fsp3) is 0.400. The van der Waals surface area contributed by atoms with Crippen molar-refractivity contribution in [1.82, 2.24) is 0 Å². The standard InChI is InChI=1S/C25H29NO5/c1-5-6-7-17-11-23(27)31-25-16(2)24-19(10-21(17)25)14-26(15-30-24)13-18-8-9-20(28-3)12-22(18)29-4/h8-12H,5-7,13-15H2,1-4H3/p+1. The van der Waals surface area contributed by atoms with Crippen molar-refractivity contribution in [1.29, 1.82) is 0 Å². The minimum atomic E-state index is -0.295. The first-order valence-corrected chi connectivity index (χ1v) is 10.8. The fourth-order valence-corrected chi connectivity index (χ4v) is 4.35. The van der Waals surface area contributed by atoms with Gasteiger partial charge in [-0.1, -0.05) is 13.3 Å². The Bertz CT molecular complexity index is 1150. The lowest BCUT2D eigenvalue weighted by Crippen LogP contribution is -3.10. The van der Waals surface area contributed by atoms with Crippen molar-refractivity contribution in [3.05, 3.63) is 63.0 Å². The summed E-state index contributed by atoms with van der Waals surface area (Å²) in [5.41, 5.74) is 4.57. The van der Waals surface area contributed by atoms with Crippen LogP contribution in [0.25, 0.3) is 11.0 Å². The summed E-state index contributed by atoms with van der Waals surface area (Å²) in [6, 6.07) is 9.70. The average molecular weight is 425 g/mol. The molecule has 1 aliphatic heterocycles. The molecule has 6 nitrogen and oxygen atoms in total. The fourth-order valence-electron chi connectivity index (χ4n) is 4.35. The Morgan fingerprint density at radius 1 is 1.10 bits per heavy atom. The number of hydrogen-bond acceptors (Lipinski definition) is 5. The number of ether oxygens (including phenoxy) is 3. The molecule has 2 heterocycles. The molecule has 31 heavy (non-hydrogen) atoms. The number of aryl methyl sites for hydroxylation is 2. The predicted octanol–water partition coefficient (Wildman–Crippen LogP) is 3.40. The number of fused-ring (bicyclic) bond motifs is 2. The predicted molar refractivity (Wildman–Crippen MR) is 119 cm³/mol. The number of benzene rings is 2. The second-order valence-electron chi connectivity index (χ2n) is 8.13. The van der Waals surface area contributed by atoms with Crippen LogP contribution in [0.3, 0.4) is 0 Å². The van der Waals surface area contributed by atoms with Gasteiger partial charge in [0, 0.05) is 34.2 Å². The van der Waals surface area contributed by atoms with Crippen molar-refractivity contribution in [3.8, 4) is 17.2 Å². The van der Waals surface area contributed by atoms with E-state index in [1.807, 2.05) is 25.1 Å². The number of quaternary nitrogens is 1. The summed E-state index contributed by atoms with van der Waals surface area (Å²) in [6.45, 7) is 6.27. The van der Waals surface area contributed by atoms with E-state index in [4.69, 9.17) is 18.6 Å². The molecule has 0 saturated carbocycles. The van der Waals surface area contributed by atoms with Crippen molar-refractivity contribution in [2.24, 2.45) is 0 Å². The zero-order valence-electron chi connectivity index (χ0n) is 18.7. The Balaban J connectivity index is 1.66. The molecular formula is C25H30NO5+. The van der Waals surface area contributed by atoms with E-state index in [0.717, 1.165) is 77.2 Å². The first-order chi connectivity index (χ1) is 15.0. The monoisotopic (exact) mass is 424 g/mol. The van der Waals surface area contributed by atoms with Crippen LogP contribution in [0.2, 0.25) is 0 Å². The van der Waals surface area contributed by atoms with Gasteiger partial charge >= 0.3 is 5.63 Å². The van der Waals surface area contributed by atoms with Gasteiger partial charge in [-0.2, -0.15) is 0 Å². The zero-order valence-corrected chi connectivity index (χ0v) is 18.7. The van der Waals surface area contributed by atoms with Gasteiger partial charge in [0.1, 0.15) is 35.9 Å². The molecule has 0 aliphatic carbocycles. The number of methoxy groups -OCH3 is 2. The highest BCUT2D eigenvalue weighted by Gasteiger charge is 2.26. The van der Waals surface area contributed by atoms with Crippen LogP contribution in [0.4, 0.5) is 0 Å². The van der Waals surface area contributed by atoms with Gasteiger partial charge in [0.05, 0.1) is 14.2 Å². The van der Waals surface area contributed by atoms with Gasteiger partial charge in [0.2, 0.25) is 6.73 Å². The van der Waals surface area contributed by atoms with E-state index in [1.54, 1.807) is 20.3 Å². The van der Waals surface area contributed by atoms with Crippen LogP contribution >= 0.6 is 0 Å². The lowest BCUT2D eigenvalue weighted by molar-refractivity contribution is -0.945. The Hall–Kier alpha value is -2.99. The molecule has 0 saturated heterocycles. The third-order valence-corrected chi connectivity index (χ3v) is 5.97. The number of hydrogen-bond donors (Lipinski definition) is 1. The van der Waals surface area contributed by atoms with E-state index in [0.29, 0.717) is 12.3 Å². The summed E-state index contributed by atoms with van der Waals surface area (Å²) in [7, 11) is 3.33. The molecule has 0 bridgehead atoms. The molecule has 0 fully saturated rings. The molecule has 1 N–H and O–H groups in total. The normalized spacial score (nSPS) is 15.4. The molecule has 4 rings (SSSR count). The van der Waals surface area contributed by atoms with E-state index in [2.05, 4.69) is 13.0 Å².